The molecule has 0 aliphatic carbocycles. The molecule has 0 spiro atoms. The molecule has 0 bridgehead atoms. The van der Waals surface area contributed by atoms with Crippen LogP contribution in [-0.2, 0) is 19.1 Å². The molecule has 1 unspecified atom stereocenters. The largest absolute Gasteiger partial charge is 0.481 e. The Hall–Kier alpha value is -1.10. The minimum absolute atomic E-state index is 0.217. The third-order valence-corrected chi connectivity index (χ3v) is 2.64. The van der Waals surface area contributed by atoms with E-state index in [9.17, 15) is 9.59 Å². The van der Waals surface area contributed by atoms with Crippen LogP contribution in [0.4, 0.5) is 0 Å². The Morgan fingerprint density at radius 2 is 1.94 bits per heavy atom. The lowest BCUT2D eigenvalue weighted by Crippen LogP contribution is -2.21. The lowest BCUT2D eigenvalue weighted by atomic mass is 10.1. The molecule has 5 nitrogen and oxygen atoms in total. The van der Waals surface area contributed by atoms with Gasteiger partial charge in [-0.1, -0.05) is 19.3 Å². The Bertz CT molecular complexity index is 285. The molecule has 0 amide bonds. The number of cyclic esters (lactones) is 1. The van der Waals surface area contributed by atoms with Crippen LogP contribution in [0.2, 0.25) is 0 Å². The van der Waals surface area contributed by atoms with Crippen molar-refractivity contribution in [1.82, 2.24) is 0 Å². The van der Waals surface area contributed by atoms with E-state index in [2.05, 4.69) is 0 Å². The van der Waals surface area contributed by atoms with Gasteiger partial charge in [0.15, 0.2) is 6.10 Å². The van der Waals surface area contributed by atoms with Crippen LogP contribution in [0.1, 0.15) is 52.4 Å². The second kappa shape index (κ2) is 6.00. The highest BCUT2D eigenvalue weighted by molar-refractivity contribution is 5.76. The first-order valence-electron chi connectivity index (χ1n) is 6.03. The number of carbonyl (C=O) groups excluding carboxylic acids is 1. The number of hydrogen-bond acceptors (Lipinski definition) is 4. The predicted octanol–water partition coefficient (Wildman–Crippen LogP) is 2.09. The maximum Gasteiger partial charge on any atom is 0.337 e. The summed E-state index contributed by atoms with van der Waals surface area (Å²) in [5.41, 5.74) is 0. The number of hydrogen-bond donors (Lipinski definition) is 1. The molecule has 0 radical (unpaired) electrons. The van der Waals surface area contributed by atoms with Crippen LogP contribution in [0.3, 0.4) is 0 Å². The zero-order chi connectivity index (χ0) is 12.9. The molecular weight excluding hydrogens is 224 g/mol. The molecule has 1 rings (SSSR count). The van der Waals surface area contributed by atoms with Crippen LogP contribution >= 0.6 is 0 Å². The summed E-state index contributed by atoms with van der Waals surface area (Å²) in [6.07, 6.45) is 3.75. The van der Waals surface area contributed by atoms with Crippen molar-refractivity contribution in [2.75, 3.05) is 0 Å². The molecule has 0 aromatic heterocycles. The van der Waals surface area contributed by atoms with Gasteiger partial charge < -0.3 is 14.6 Å². The fourth-order valence-corrected chi connectivity index (χ4v) is 1.86. The van der Waals surface area contributed by atoms with Gasteiger partial charge in [-0.3, -0.25) is 4.79 Å². The van der Waals surface area contributed by atoms with Crippen LogP contribution in [0.25, 0.3) is 0 Å². The van der Waals surface area contributed by atoms with Crippen LogP contribution in [0, 0.1) is 0 Å². The number of rotatable bonds is 7. The molecule has 0 aromatic carbocycles. The van der Waals surface area contributed by atoms with Gasteiger partial charge in [0, 0.05) is 20.3 Å². The zero-order valence-corrected chi connectivity index (χ0v) is 10.4. The molecule has 1 aliphatic heterocycles. The summed E-state index contributed by atoms with van der Waals surface area (Å²) in [6, 6.07) is 0. The van der Waals surface area contributed by atoms with Gasteiger partial charge in [0.05, 0.1) is 0 Å². The molecular formula is C12H20O5. The van der Waals surface area contributed by atoms with Crippen molar-refractivity contribution < 1.29 is 24.2 Å². The molecule has 1 saturated heterocycles. The van der Waals surface area contributed by atoms with Crippen LogP contribution in [0.15, 0.2) is 0 Å². The van der Waals surface area contributed by atoms with Gasteiger partial charge in [0.25, 0.3) is 0 Å². The molecule has 1 fully saturated rings. The Labute approximate surface area is 101 Å². The minimum atomic E-state index is -0.801. The van der Waals surface area contributed by atoms with Gasteiger partial charge in [0.1, 0.15) is 0 Å². The maximum atomic E-state index is 11.4. The summed E-state index contributed by atoms with van der Waals surface area (Å²) in [7, 11) is 0. The van der Waals surface area contributed by atoms with Gasteiger partial charge >= 0.3 is 11.9 Å². The Morgan fingerprint density at radius 3 is 2.47 bits per heavy atom. The quantitative estimate of drug-likeness (QED) is 0.548. The van der Waals surface area contributed by atoms with E-state index in [0.717, 1.165) is 19.3 Å². The van der Waals surface area contributed by atoms with Gasteiger partial charge in [-0.2, -0.15) is 0 Å². The van der Waals surface area contributed by atoms with Gasteiger partial charge in [-0.25, -0.2) is 4.79 Å². The van der Waals surface area contributed by atoms with E-state index in [-0.39, 0.29) is 12.4 Å². The standard InChI is InChI=1S/C12H20O5/c1-12(2)16-9(11(15)17-12)7-5-3-4-6-8-10(13)14/h9H,3-8H2,1-2H3,(H,13,14). The number of carboxylic acids is 1. The number of esters is 1. The average Bonchev–Trinajstić information content (AvgIpc) is 2.45. The lowest BCUT2D eigenvalue weighted by Gasteiger charge is -2.15. The molecule has 98 valence electrons. The van der Waals surface area contributed by atoms with Crippen molar-refractivity contribution in [3.8, 4) is 0 Å². The smallest absolute Gasteiger partial charge is 0.337 e. The zero-order valence-electron chi connectivity index (χ0n) is 10.4. The van der Waals surface area contributed by atoms with E-state index in [1.807, 2.05) is 0 Å². The predicted molar refractivity (Wildman–Crippen MR) is 60.4 cm³/mol. The number of aliphatic carboxylic acids is 1. The normalized spacial score (nSPS) is 22.5. The maximum absolute atomic E-state index is 11.4. The molecule has 1 heterocycles. The van der Waals surface area contributed by atoms with Crippen LogP contribution < -0.4 is 0 Å². The molecule has 0 aromatic rings. The van der Waals surface area contributed by atoms with Crippen LogP contribution in [-0.4, -0.2) is 28.9 Å². The number of unbranched alkanes of at least 4 members (excludes halogenated alkanes) is 3. The molecule has 1 aliphatic rings. The molecule has 5 heteroatoms. The molecule has 0 saturated carbocycles. The van der Waals surface area contributed by atoms with Crippen molar-refractivity contribution >= 4 is 11.9 Å². The van der Waals surface area contributed by atoms with E-state index < -0.39 is 17.9 Å². The molecule has 17 heavy (non-hydrogen) atoms. The monoisotopic (exact) mass is 244 g/mol. The molecule has 1 N–H and O–H groups in total. The second-order valence-electron chi connectivity index (χ2n) is 4.77. The number of carboxylic acid groups (broad SMARTS) is 1. The first kappa shape index (κ1) is 14.0. The van der Waals surface area contributed by atoms with Crippen LogP contribution in [0.5, 0.6) is 0 Å². The lowest BCUT2D eigenvalue weighted by molar-refractivity contribution is -0.161. The first-order valence-corrected chi connectivity index (χ1v) is 6.03. The Balaban J connectivity index is 2.07. The van der Waals surface area contributed by atoms with E-state index in [1.165, 1.54) is 0 Å². The fourth-order valence-electron chi connectivity index (χ4n) is 1.86. The van der Waals surface area contributed by atoms with Crippen molar-refractivity contribution in [2.45, 2.75) is 64.3 Å². The third-order valence-electron chi connectivity index (χ3n) is 2.64. The SMILES string of the molecule is CC1(C)OC(=O)C(CCCCCCC(=O)O)O1. The Morgan fingerprint density at radius 1 is 1.29 bits per heavy atom. The third kappa shape index (κ3) is 5.17. The summed E-state index contributed by atoms with van der Waals surface area (Å²) in [5.74, 6) is -1.85. The van der Waals surface area contributed by atoms with E-state index in [0.29, 0.717) is 12.8 Å². The van der Waals surface area contributed by atoms with Crippen molar-refractivity contribution in [3.05, 3.63) is 0 Å². The van der Waals surface area contributed by atoms with Crippen molar-refractivity contribution in [3.63, 3.8) is 0 Å². The highest BCUT2D eigenvalue weighted by Gasteiger charge is 2.40. The number of ether oxygens (including phenoxy) is 2. The highest BCUT2D eigenvalue weighted by Crippen LogP contribution is 2.26. The fraction of sp³-hybridized carbons (Fsp3) is 0.833. The minimum Gasteiger partial charge on any atom is -0.481 e. The summed E-state index contributed by atoms with van der Waals surface area (Å²) in [6.45, 7) is 3.44. The summed E-state index contributed by atoms with van der Waals surface area (Å²) < 4.78 is 10.5. The van der Waals surface area contributed by atoms with Gasteiger partial charge in [-0.05, 0) is 12.8 Å². The Kier molecular flexibility index (Phi) is 4.93. The first-order chi connectivity index (χ1) is 7.91. The van der Waals surface area contributed by atoms with Crippen molar-refractivity contribution in [1.29, 1.82) is 0 Å². The number of carbonyl (C=O) groups is 2. The topological polar surface area (TPSA) is 72.8 Å². The van der Waals surface area contributed by atoms with E-state index in [4.69, 9.17) is 14.6 Å². The summed E-state index contributed by atoms with van der Waals surface area (Å²) in [5, 5.41) is 8.45. The molecule has 1 atom stereocenters. The highest BCUT2D eigenvalue weighted by atomic mass is 16.8. The van der Waals surface area contributed by atoms with Gasteiger partial charge in [0.2, 0.25) is 5.79 Å². The van der Waals surface area contributed by atoms with E-state index >= 15 is 0 Å². The van der Waals surface area contributed by atoms with Crippen molar-refractivity contribution in [2.24, 2.45) is 0 Å². The van der Waals surface area contributed by atoms with Gasteiger partial charge in [-0.15, -0.1) is 0 Å². The second-order valence-corrected chi connectivity index (χ2v) is 4.77. The summed E-state index contributed by atoms with van der Waals surface area (Å²) in [4.78, 5) is 21.6. The average molecular weight is 244 g/mol. The summed E-state index contributed by atoms with van der Waals surface area (Å²) >= 11 is 0. The van der Waals surface area contributed by atoms with E-state index in [1.54, 1.807) is 13.8 Å².